The Hall–Kier alpha value is -1.57. The van der Waals surface area contributed by atoms with Gasteiger partial charge in [-0.15, -0.1) is 0 Å². The first-order valence-electron chi connectivity index (χ1n) is 8.88. The lowest BCUT2D eigenvalue weighted by molar-refractivity contribution is 0.0924. The molecule has 0 radical (unpaired) electrons. The fraction of sp³-hybridized carbons (Fsp3) is 0.556. The van der Waals surface area contributed by atoms with E-state index in [9.17, 15) is 0 Å². The van der Waals surface area contributed by atoms with Crippen LogP contribution in [0, 0.1) is 0 Å². The predicted octanol–water partition coefficient (Wildman–Crippen LogP) is 2.00. The van der Waals surface area contributed by atoms with Gasteiger partial charge in [0.05, 0.1) is 30.8 Å². The second-order valence-corrected chi connectivity index (χ2v) is 9.26. The van der Waals surface area contributed by atoms with Crippen LogP contribution in [0.4, 0.5) is 0 Å². The summed E-state index contributed by atoms with van der Waals surface area (Å²) in [5.74, 6) is 1.67. The van der Waals surface area contributed by atoms with Crippen molar-refractivity contribution in [1.29, 1.82) is 0 Å². The summed E-state index contributed by atoms with van der Waals surface area (Å²) in [6.07, 6.45) is 12.8. The van der Waals surface area contributed by atoms with E-state index in [1.165, 1.54) is 5.69 Å². The molecule has 0 amide bonds. The summed E-state index contributed by atoms with van der Waals surface area (Å²) in [5, 5.41) is 3.44. The molecule has 0 aliphatic carbocycles. The Balaban J connectivity index is 1.63. The van der Waals surface area contributed by atoms with Crippen molar-refractivity contribution in [3.8, 4) is 0 Å². The van der Waals surface area contributed by atoms with E-state index in [2.05, 4.69) is 49.0 Å². The van der Waals surface area contributed by atoms with Gasteiger partial charge in [0.2, 0.25) is 0 Å². The average Bonchev–Trinajstić information content (AvgIpc) is 3.23. The maximum absolute atomic E-state index is 5.83. The van der Waals surface area contributed by atoms with Gasteiger partial charge in [0.1, 0.15) is 12.5 Å². The molecule has 134 valence electrons. The highest BCUT2D eigenvalue weighted by Gasteiger charge is 2.20. The Kier molecular flexibility index (Phi) is 4.96. The number of imidazole rings is 1. The summed E-state index contributed by atoms with van der Waals surface area (Å²) in [6.45, 7) is 3.51. The molecule has 1 fully saturated rings. The summed E-state index contributed by atoms with van der Waals surface area (Å²) in [7, 11) is 0.422. The van der Waals surface area contributed by atoms with Crippen molar-refractivity contribution in [3.05, 3.63) is 30.4 Å². The molecule has 0 atom stereocenters. The van der Waals surface area contributed by atoms with E-state index in [4.69, 9.17) is 4.74 Å². The van der Waals surface area contributed by atoms with Gasteiger partial charge in [0, 0.05) is 24.0 Å². The zero-order chi connectivity index (χ0) is 17.2. The highest BCUT2D eigenvalue weighted by molar-refractivity contribution is 7.95. The maximum Gasteiger partial charge on any atom is 0.159 e. The van der Waals surface area contributed by atoms with Gasteiger partial charge in [0.15, 0.2) is 11.3 Å². The van der Waals surface area contributed by atoms with Crippen molar-refractivity contribution >= 4 is 27.7 Å². The third kappa shape index (κ3) is 3.41. The third-order valence-corrected chi connectivity index (χ3v) is 5.88. The second-order valence-electron chi connectivity index (χ2n) is 6.88. The predicted molar refractivity (Wildman–Crippen MR) is 103 cm³/mol. The summed E-state index contributed by atoms with van der Waals surface area (Å²) >= 11 is 0. The zero-order valence-electron chi connectivity index (χ0n) is 14.9. The van der Waals surface area contributed by atoms with Crippen molar-refractivity contribution in [1.82, 2.24) is 24.3 Å². The number of ether oxygens (including phenoxy) is 1. The van der Waals surface area contributed by atoms with E-state index in [0.29, 0.717) is 23.5 Å². The molecule has 0 aromatic carbocycles. The molecule has 0 unspecified atom stereocenters. The largest absolute Gasteiger partial charge is 0.356 e. The van der Waals surface area contributed by atoms with Crippen LogP contribution in [-0.4, -0.2) is 56.9 Å². The Morgan fingerprint density at radius 1 is 1.24 bits per heavy atom. The molecule has 1 N–H and O–H groups in total. The van der Waals surface area contributed by atoms with Crippen molar-refractivity contribution in [2.24, 2.45) is 0 Å². The molecule has 1 aliphatic heterocycles. The summed E-state index contributed by atoms with van der Waals surface area (Å²) in [5.41, 5.74) is 4.33. The topological polar surface area (TPSA) is 56.4 Å². The first-order chi connectivity index (χ1) is 12.2. The van der Waals surface area contributed by atoms with Crippen LogP contribution in [0.25, 0.3) is 16.8 Å². The molecule has 4 rings (SSSR count). The van der Waals surface area contributed by atoms with E-state index < -0.39 is 0 Å². The molecule has 25 heavy (non-hydrogen) atoms. The molecule has 3 aromatic rings. The van der Waals surface area contributed by atoms with Crippen molar-refractivity contribution in [2.45, 2.75) is 25.5 Å². The van der Waals surface area contributed by atoms with Crippen LogP contribution >= 0.6 is 0 Å². The first-order valence-corrected chi connectivity index (χ1v) is 11.1. The minimum absolute atomic E-state index is 0.422. The average molecular weight is 361 g/mol. The number of piperidine rings is 1. The Bertz CT molecular complexity index is 850. The summed E-state index contributed by atoms with van der Waals surface area (Å²) < 4.78 is 10.2. The van der Waals surface area contributed by atoms with Crippen LogP contribution in [0.1, 0.15) is 24.5 Å². The van der Waals surface area contributed by atoms with E-state index in [0.717, 1.165) is 55.1 Å². The lowest BCUT2D eigenvalue weighted by Crippen LogP contribution is -2.27. The highest BCUT2D eigenvalue weighted by atomic mass is 32.2. The summed E-state index contributed by atoms with van der Waals surface area (Å²) in [4.78, 5) is 9.22. The fourth-order valence-electron chi connectivity index (χ4n) is 3.52. The SMILES string of the molecule is C[S+](C)CCOCn1ccc2c1ncc1ncc(C3CCNCC3)n12. The first kappa shape index (κ1) is 16.9. The molecule has 7 heteroatoms. The number of nitrogens with one attached hydrogen (secondary N) is 1. The Morgan fingerprint density at radius 3 is 2.88 bits per heavy atom. The number of aromatic nitrogens is 4. The molecule has 1 saturated heterocycles. The Morgan fingerprint density at radius 2 is 2.08 bits per heavy atom. The molecule has 4 heterocycles. The quantitative estimate of drug-likeness (QED) is 0.540. The van der Waals surface area contributed by atoms with Gasteiger partial charge in [-0.1, -0.05) is 0 Å². The van der Waals surface area contributed by atoms with Gasteiger partial charge in [0.25, 0.3) is 0 Å². The van der Waals surface area contributed by atoms with Gasteiger partial charge >= 0.3 is 0 Å². The minimum atomic E-state index is 0.422. The molecular formula is C18H26N5OS+. The number of rotatable bonds is 6. The van der Waals surface area contributed by atoms with Crippen LogP contribution in [0.3, 0.4) is 0 Å². The fourth-order valence-corrected chi connectivity index (χ4v) is 3.97. The molecular weight excluding hydrogens is 334 g/mol. The number of hydrogen-bond acceptors (Lipinski definition) is 4. The highest BCUT2D eigenvalue weighted by Crippen LogP contribution is 2.28. The molecule has 0 bridgehead atoms. The number of fused-ring (bicyclic) bond motifs is 3. The van der Waals surface area contributed by atoms with Crippen LogP contribution in [0.2, 0.25) is 0 Å². The van der Waals surface area contributed by atoms with E-state index in [-0.39, 0.29) is 0 Å². The second kappa shape index (κ2) is 7.35. The van der Waals surface area contributed by atoms with Gasteiger partial charge in [-0.25, -0.2) is 9.97 Å². The van der Waals surface area contributed by atoms with E-state index in [1.807, 2.05) is 12.4 Å². The van der Waals surface area contributed by atoms with Crippen molar-refractivity contribution < 1.29 is 4.74 Å². The van der Waals surface area contributed by atoms with E-state index in [1.54, 1.807) is 0 Å². The van der Waals surface area contributed by atoms with Crippen LogP contribution in [0.15, 0.2) is 24.7 Å². The minimum Gasteiger partial charge on any atom is -0.356 e. The normalized spacial score (nSPS) is 16.4. The van der Waals surface area contributed by atoms with Gasteiger partial charge in [-0.3, -0.25) is 4.40 Å². The lowest BCUT2D eigenvalue weighted by Gasteiger charge is -2.22. The van der Waals surface area contributed by atoms with Crippen molar-refractivity contribution in [3.63, 3.8) is 0 Å². The maximum atomic E-state index is 5.83. The van der Waals surface area contributed by atoms with Crippen LogP contribution in [0.5, 0.6) is 0 Å². The van der Waals surface area contributed by atoms with Crippen LogP contribution < -0.4 is 5.32 Å². The standard InChI is InChI=1S/C18H26N5OS/c1-25(2)10-9-24-13-22-8-5-15-18(22)21-12-17-20-11-16(23(15)17)14-3-6-19-7-4-14/h5,8,11-12,14,19H,3-4,6-7,9-10,13H2,1-2H3/q+1. The zero-order valence-corrected chi connectivity index (χ0v) is 15.8. The van der Waals surface area contributed by atoms with Gasteiger partial charge < -0.3 is 14.6 Å². The Labute approximate surface area is 150 Å². The lowest BCUT2D eigenvalue weighted by atomic mass is 9.95. The van der Waals surface area contributed by atoms with Gasteiger partial charge in [-0.2, -0.15) is 0 Å². The van der Waals surface area contributed by atoms with Crippen molar-refractivity contribution in [2.75, 3.05) is 38.0 Å². The summed E-state index contributed by atoms with van der Waals surface area (Å²) in [6, 6.07) is 2.13. The van der Waals surface area contributed by atoms with Gasteiger partial charge in [-0.05, 0) is 42.9 Å². The number of nitrogens with zero attached hydrogens (tertiary/aromatic N) is 4. The molecule has 0 saturated carbocycles. The van der Waals surface area contributed by atoms with E-state index >= 15 is 0 Å². The molecule has 6 nitrogen and oxygen atoms in total. The molecule has 1 aliphatic rings. The molecule has 3 aromatic heterocycles. The third-order valence-electron chi connectivity index (χ3n) is 4.90. The van der Waals surface area contributed by atoms with Crippen LogP contribution in [-0.2, 0) is 22.4 Å². The molecule has 0 spiro atoms. The smallest absolute Gasteiger partial charge is 0.159 e. The monoisotopic (exact) mass is 360 g/mol. The number of hydrogen-bond donors (Lipinski definition) is 1.